The molecule has 0 aliphatic carbocycles. The monoisotopic (exact) mass is 576 g/mol. The van der Waals surface area contributed by atoms with Gasteiger partial charge in [0.05, 0.1) is 82.6 Å². The second-order valence-electron chi connectivity index (χ2n) is 8.44. The van der Waals surface area contributed by atoms with E-state index in [1.807, 2.05) is 0 Å². The van der Waals surface area contributed by atoms with Crippen LogP contribution in [0.5, 0.6) is 0 Å². The van der Waals surface area contributed by atoms with Crippen molar-refractivity contribution >= 4 is 153 Å². The molecule has 3 saturated heterocycles. The van der Waals surface area contributed by atoms with Gasteiger partial charge in [0.15, 0.2) is 7.85 Å². The van der Waals surface area contributed by atoms with Gasteiger partial charge in [0, 0.05) is 48.0 Å². The summed E-state index contributed by atoms with van der Waals surface area (Å²) in [6.45, 7) is 0. The summed E-state index contributed by atoms with van der Waals surface area (Å²) in [7, 11) is 91.1. The number of aliphatic hydroxyl groups is 1. The van der Waals surface area contributed by atoms with Crippen LogP contribution in [0.3, 0.4) is 0 Å². The molecule has 0 spiro atoms. The summed E-state index contributed by atoms with van der Waals surface area (Å²) in [5.74, 6) is 0. The van der Waals surface area contributed by atoms with Crippen LogP contribution >= 0.6 is 0 Å². The first kappa shape index (κ1) is 49.2. The van der Waals surface area contributed by atoms with Crippen LogP contribution in [-0.2, 0) is 38.0 Å². The van der Waals surface area contributed by atoms with Crippen molar-refractivity contribution in [1.29, 1.82) is 0 Å². The molecule has 3 aliphatic rings. The Balaban J connectivity index is -0.000000503. The molecule has 1 N–H and O–H groups in total. The summed E-state index contributed by atoms with van der Waals surface area (Å²) in [6.07, 6.45) is -0.501. The zero-order valence-corrected chi connectivity index (χ0v) is 24.5. The molecular formula is C18H18B18O9. The lowest BCUT2D eigenvalue weighted by molar-refractivity contribution is -0.376. The molecule has 3 fully saturated rings. The van der Waals surface area contributed by atoms with E-state index in [1.54, 1.807) is 0 Å². The molecule has 0 amide bonds. The van der Waals surface area contributed by atoms with Gasteiger partial charge in [-0.2, -0.15) is 0 Å². The van der Waals surface area contributed by atoms with Crippen molar-refractivity contribution in [1.82, 2.24) is 0 Å². The summed E-state index contributed by atoms with van der Waals surface area (Å²) in [5.41, 5.74) is -2.45. The Bertz CT molecular complexity index is 726. The third kappa shape index (κ3) is 26.4. The highest BCUT2D eigenvalue weighted by Crippen LogP contribution is 2.26. The average Bonchev–Trinajstić information content (AvgIpc) is 2.95. The number of hydrogen-bond donors (Lipinski definition) is 1. The van der Waals surface area contributed by atoms with Crippen LogP contribution in [0.25, 0.3) is 0 Å². The van der Waals surface area contributed by atoms with Crippen LogP contribution in [0.1, 0.15) is 0 Å². The summed E-state index contributed by atoms with van der Waals surface area (Å²) in [5, 5.41) is 7.67. The minimum absolute atomic E-state index is 0.0556. The first-order valence-electron chi connectivity index (χ1n) is 12.4. The van der Waals surface area contributed by atoms with Crippen molar-refractivity contribution in [2.45, 2.75) is 84.1 Å². The number of fused-ring (bicyclic) bond motifs is 1. The lowest BCUT2D eigenvalue weighted by Crippen LogP contribution is -2.59. The largest absolute Gasteiger partial charge is 0.517 e. The Kier molecular flexibility index (Phi) is 30.3. The van der Waals surface area contributed by atoms with E-state index >= 15 is 0 Å². The molecule has 8 atom stereocenters. The second-order valence-corrected chi connectivity index (χ2v) is 8.44. The predicted molar refractivity (Wildman–Crippen MR) is 186 cm³/mol. The molecule has 198 valence electrons. The summed E-state index contributed by atoms with van der Waals surface area (Å²) < 4.78 is 30.4. The van der Waals surface area contributed by atoms with Crippen molar-refractivity contribution in [3.05, 3.63) is 11.6 Å². The number of ether oxygens (including phenoxy) is 6. The van der Waals surface area contributed by atoms with Crippen molar-refractivity contribution in [2.24, 2.45) is 0 Å². The molecule has 36 radical (unpaired) electrons. The molecule has 0 bridgehead atoms. The van der Waals surface area contributed by atoms with E-state index < -0.39 is 83.4 Å². The van der Waals surface area contributed by atoms with Gasteiger partial charge in [-0.15, -0.1) is 16.8 Å². The maximum absolute atomic E-state index is 9.47. The molecule has 0 aromatic carbocycles. The summed E-state index contributed by atoms with van der Waals surface area (Å²) in [6, 6.07) is -5.79. The van der Waals surface area contributed by atoms with Gasteiger partial charge in [0.1, 0.15) is 69.1 Å². The molecule has 0 aromatic rings. The predicted octanol–water partition coefficient (Wildman–Crippen LogP) is -6.91. The van der Waals surface area contributed by atoms with E-state index in [2.05, 4.69) is 23.5 Å². The van der Waals surface area contributed by atoms with Crippen molar-refractivity contribution in [3.8, 4) is 0 Å². The lowest BCUT2D eigenvalue weighted by atomic mass is 9.49. The number of carbonyl (C=O) groups is 2. The quantitative estimate of drug-likeness (QED) is 0.200. The Morgan fingerprint density at radius 3 is 0.867 bits per heavy atom. The van der Waals surface area contributed by atoms with E-state index in [4.69, 9.17) is 151 Å². The molecule has 0 saturated carbocycles. The SMILES string of the molecule is [B]C([B])=CO.[B]C([B])C([B])[B].[B]C([B])C=O.[B]C1OC([B])C([B])OC1[B].[B]C1OC2OC([B])C([B])OC2OC1[B].[B]CC([B])=O. The van der Waals surface area contributed by atoms with Gasteiger partial charge in [-0.3, -0.25) is 0 Å². The van der Waals surface area contributed by atoms with E-state index in [-0.39, 0.29) is 11.7 Å². The molecule has 0 aromatic heterocycles. The fourth-order valence-electron chi connectivity index (χ4n) is 1.92. The van der Waals surface area contributed by atoms with E-state index in [1.165, 1.54) is 0 Å². The first-order chi connectivity index (χ1) is 20.6. The molecule has 3 aliphatic heterocycles. The standard InChI is InChI=1S/C6H6B4O4.C4H4B4O2.C2H2B4.3C2H2B2O/c7-1-2(8)12-6-5(11-1)13-3(9)4(10)14-6;5-1-2(6)10-4(8)3(7)9-1;3-1(4)2(5)6;2*3-2(4)1-5;3-1-2(4)5/h1-6H;1-4H;1-2H;1,5H;1-2H;1H2. The highest BCUT2D eigenvalue weighted by molar-refractivity contribution is 6.61. The maximum atomic E-state index is 9.47. The van der Waals surface area contributed by atoms with Gasteiger partial charge >= 0.3 is 0 Å². The molecule has 8 unspecified atom stereocenters. The average molecular weight is 573 g/mol. The highest BCUT2D eigenvalue weighted by atomic mass is 16.8. The molecule has 45 heavy (non-hydrogen) atoms. The Hall–Kier alpha value is -0.191. The zero-order chi connectivity index (χ0) is 36.0. The molecule has 3 heterocycles. The lowest BCUT2D eigenvalue weighted by Gasteiger charge is -2.46. The van der Waals surface area contributed by atoms with Gasteiger partial charge in [0.25, 0.3) is 0 Å². The van der Waals surface area contributed by atoms with Gasteiger partial charge in [0.2, 0.25) is 12.6 Å². The normalized spacial score (nSPS) is 31.4. The van der Waals surface area contributed by atoms with Gasteiger partial charge in [-0.25, -0.2) is 0 Å². The van der Waals surface area contributed by atoms with E-state index in [9.17, 15) is 9.59 Å². The van der Waals surface area contributed by atoms with Crippen LogP contribution < -0.4 is 0 Å². The number of aliphatic hydroxyl groups excluding tert-OH is 1. The molecule has 27 heteroatoms. The van der Waals surface area contributed by atoms with Crippen LogP contribution in [-0.4, -0.2) is 219 Å². The van der Waals surface area contributed by atoms with Gasteiger partial charge in [-0.1, -0.05) is 5.72 Å². The molecule has 3 rings (SSSR count). The number of hydrogen-bond acceptors (Lipinski definition) is 9. The highest BCUT2D eigenvalue weighted by Gasteiger charge is 2.41. The fraction of sp³-hybridized carbons (Fsp3) is 0.778. The minimum Gasteiger partial charge on any atom is -0.517 e. The number of aldehydes is 1. The van der Waals surface area contributed by atoms with Crippen molar-refractivity contribution < 1.29 is 43.1 Å². The number of rotatable bonds is 3. The van der Waals surface area contributed by atoms with Gasteiger partial charge < -0.3 is 43.1 Å². The smallest absolute Gasteiger partial charge is 0.208 e. The third-order valence-electron chi connectivity index (χ3n) is 4.26. The Morgan fingerprint density at radius 2 is 0.756 bits per heavy atom. The first-order valence-corrected chi connectivity index (χ1v) is 12.4. The van der Waals surface area contributed by atoms with Gasteiger partial charge in [-0.05, 0) is 6.32 Å². The van der Waals surface area contributed by atoms with Crippen LogP contribution in [0.2, 0.25) is 23.5 Å². The Labute approximate surface area is 291 Å². The Morgan fingerprint density at radius 1 is 0.578 bits per heavy atom. The fourth-order valence-corrected chi connectivity index (χ4v) is 1.92. The summed E-state index contributed by atoms with van der Waals surface area (Å²) in [4.78, 5) is 18.7. The maximum Gasteiger partial charge on any atom is 0.208 e. The third-order valence-corrected chi connectivity index (χ3v) is 4.26. The van der Waals surface area contributed by atoms with Crippen LogP contribution in [0.15, 0.2) is 11.6 Å². The topological polar surface area (TPSA) is 110 Å². The molecule has 9 nitrogen and oxygen atoms in total. The number of carbonyl (C=O) groups excluding carboxylic acids is 2. The minimum atomic E-state index is -0.796. The summed E-state index contributed by atoms with van der Waals surface area (Å²) >= 11 is 0. The van der Waals surface area contributed by atoms with Crippen molar-refractivity contribution in [2.75, 3.05) is 0 Å². The van der Waals surface area contributed by atoms with E-state index in [0.717, 1.165) is 0 Å². The zero-order valence-electron chi connectivity index (χ0n) is 24.5. The molecular weight excluding hydrogens is 555 g/mol. The second kappa shape index (κ2) is 27.7. The van der Waals surface area contributed by atoms with Crippen LogP contribution in [0.4, 0.5) is 0 Å². The van der Waals surface area contributed by atoms with Crippen molar-refractivity contribution in [3.63, 3.8) is 0 Å². The van der Waals surface area contributed by atoms with E-state index in [0.29, 0.717) is 12.5 Å². The van der Waals surface area contributed by atoms with Crippen LogP contribution in [0, 0.1) is 0 Å².